The number of nitrogens with zero attached hydrogens (tertiary/aromatic N) is 3. The lowest BCUT2D eigenvalue weighted by atomic mass is 10.2. The highest BCUT2D eigenvalue weighted by Gasteiger charge is 2.09. The highest BCUT2D eigenvalue weighted by atomic mass is 35.5. The maximum atomic E-state index is 13.3. The van der Waals surface area contributed by atoms with Crippen LogP contribution in [0, 0.1) is 26.6 Å². The molecule has 2 heterocycles. The van der Waals surface area contributed by atoms with E-state index in [0.717, 1.165) is 22.6 Å². The molecule has 2 aromatic carbocycles. The van der Waals surface area contributed by atoms with Crippen LogP contribution in [-0.4, -0.2) is 26.2 Å². The number of amides is 2. The van der Waals surface area contributed by atoms with Crippen molar-refractivity contribution < 1.29 is 9.18 Å². The quantitative estimate of drug-likeness (QED) is 0.229. The number of aromatic nitrogens is 4. The number of urea groups is 1. The summed E-state index contributed by atoms with van der Waals surface area (Å²) >= 11 is 5.75. The second-order valence-corrected chi connectivity index (χ2v) is 8.05. The Balaban J connectivity index is 1.43. The molecule has 2 amide bonds. The fraction of sp³-hybridized carbons (Fsp3) is 0.130. The fourth-order valence-electron chi connectivity index (χ4n) is 3.17. The second kappa shape index (κ2) is 9.75. The van der Waals surface area contributed by atoms with Crippen LogP contribution in [0.2, 0.25) is 5.02 Å². The van der Waals surface area contributed by atoms with Crippen LogP contribution in [0.4, 0.5) is 43.8 Å². The third-order valence-electron chi connectivity index (χ3n) is 4.72. The minimum Gasteiger partial charge on any atom is -0.324 e. The molecular weight excluding hydrogens is 459 g/mol. The molecule has 0 spiro atoms. The van der Waals surface area contributed by atoms with Crippen molar-refractivity contribution in [2.45, 2.75) is 20.8 Å². The molecule has 9 nitrogen and oxygen atoms in total. The molecule has 0 aliphatic rings. The molecule has 0 aliphatic carbocycles. The number of hydrogen-bond donors (Lipinski definition) is 5. The zero-order valence-corrected chi connectivity index (χ0v) is 19.4. The Kier molecular flexibility index (Phi) is 6.60. The van der Waals surface area contributed by atoms with Crippen LogP contribution in [0.3, 0.4) is 0 Å². The van der Waals surface area contributed by atoms with Gasteiger partial charge in [-0.05, 0) is 62.7 Å². The number of anilines is 6. The molecular formula is C23H22ClFN8O. The average molecular weight is 481 g/mol. The molecule has 4 rings (SSSR count). The highest BCUT2D eigenvalue weighted by molar-refractivity contribution is 6.31. The van der Waals surface area contributed by atoms with Gasteiger partial charge in [-0.25, -0.2) is 14.2 Å². The summed E-state index contributed by atoms with van der Waals surface area (Å²) in [6, 6.07) is 12.5. The van der Waals surface area contributed by atoms with E-state index in [9.17, 15) is 9.18 Å². The van der Waals surface area contributed by atoms with E-state index in [0.29, 0.717) is 29.0 Å². The van der Waals surface area contributed by atoms with Gasteiger partial charge in [-0.1, -0.05) is 11.6 Å². The van der Waals surface area contributed by atoms with Crippen molar-refractivity contribution in [2.24, 2.45) is 0 Å². The molecule has 0 atom stereocenters. The van der Waals surface area contributed by atoms with Gasteiger partial charge in [-0.2, -0.15) is 10.1 Å². The van der Waals surface area contributed by atoms with Crippen LogP contribution < -0.4 is 21.3 Å². The zero-order chi connectivity index (χ0) is 24.2. The number of hydrogen-bond acceptors (Lipinski definition) is 6. The van der Waals surface area contributed by atoms with E-state index in [1.165, 1.54) is 18.2 Å². The van der Waals surface area contributed by atoms with E-state index in [-0.39, 0.29) is 5.02 Å². The van der Waals surface area contributed by atoms with Gasteiger partial charge in [-0.3, -0.25) is 5.10 Å². The van der Waals surface area contributed by atoms with Crippen LogP contribution in [0.15, 0.2) is 48.5 Å². The zero-order valence-electron chi connectivity index (χ0n) is 18.6. The molecule has 11 heteroatoms. The van der Waals surface area contributed by atoms with Gasteiger partial charge >= 0.3 is 6.03 Å². The lowest BCUT2D eigenvalue weighted by Crippen LogP contribution is -2.19. The first-order chi connectivity index (χ1) is 16.2. The first kappa shape index (κ1) is 23.0. The Morgan fingerprint density at radius 1 is 0.912 bits per heavy atom. The molecule has 0 radical (unpaired) electrons. The minimum atomic E-state index is -0.553. The summed E-state index contributed by atoms with van der Waals surface area (Å²) < 4.78 is 13.3. The largest absolute Gasteiger partial charge is 0.324 e. The molecule has 0 unspecified atom stereocenters. The number of nitrogens with one attached hydrogen (secondary N) is 5. The maximum absolute atomic E-state index is 13.3. The summed E-state index contributed by atoms with van der Waals surface area (Å²) in [5.74, 6) is 1.14. The summed E-state index contributed by atoms with van der Waals surface area (Å²) in [6.07, 6.45) is 0. The molecule has 4 aromatic rings. The smallest absolute Gasteiger partial charge is 0.323 e. The lowest BCUT2D eigenvalue weighted by Gasteiger charge is -2.13. The van der Waals surface area contributed by atoms with E-state index in [1.54, 1.807) is 12.1 Å². The van der Waals surface area contributed by atoms with E-state index in [4.69, 9.17) is 11.6 Å². The van der Waals surface area contributed by atoms with Gasteiger partial charge in [0.05, 0.1) is 5.02 Å². The lowest BCUT2D eigenvalue weighted by molar-refractivity contribution is 0.262. The number of carbonyl (C=O) groups excluding carboxylic acids is 1. The van der Waals surface area contributed by atoms with E-state index in [2.05, 4.69) is 41.4 Å². The molecule has 174 valence electrons. The summed E-state index contributed by atoms with van der Waals surface area (Å²) in [5.41, 5.74) is 4.32. The van der Waals surface area contributed by atoms with Crippen LogP contribution >= 0.6 is 11.6 Å². The van der Waals surface area contributed by atoms with Gasteiger partial charge in [0.2, 0.25) is 5.95 Å². The second-order valence-electron chi connectivity index (χ2n) is 7.64. The van der Waals surface area contributed by atoms with Crippen LogP contribution in [0.25, 0.3) is 0 Å². The van der Waals surface area contributed by atoms with Crippen LogP contribution in [-0.2, 0) is 0 Å². The van der Waals surface area contributed by atoms with Crippen molar-refractivity contribution in [3.63, 3.8) is 0 Å². The monoisotopic (exact) mass is 480 g/mol. The molecule has 2 aromatic heterocycles. The maximum Gasteiger partial charge on any atom is 0.323 e. The van der Waals surface area contributed by atoms with Gasteiger partial charge in [0, 0.05) is 40.6 Å². The SMILES string of the molecule is Cc1cc(Nc2cc(C)[nH]n2)nc(Nc2ccc(NC(=O)Nc3ccc(F)c(Cl)c3)cc2C)n1. The predicted molar refractivity (Wildman–Crippen MR) is 132 cm³/mol. The summed E-state index contributed by atoms with van der Waals surface area (Å²) in [5, 5.41) is 18.7. The normalized spacial score (nSPS) is 10.6. The molecule has 0 bridgehead atoms. The number of rotatable bonds is 6. The van der Waals surface area contributed by atoms with E-state index < -0.39 is 11.8 Å². The Hall–Kier alpha value is -4.18. The Morgan fingerprint density at radius 3 is 2.32 bits per heavy atom. The molecule has 34 heavy (non-hydrogen) atoms. The fourth-order valence-corrected chi connectivity index (χ4v) is 3.35. The van der Waals surface area contributed by atoms with Crippen molar-refractivity contribution in [1.29, 1.82) is 0 Å². The summed E-state index contributed by atoms with van der Waals surface area (Å²) in [4.78, 5) is 21.2. The highest BCUT2D eigenvalue weighted by Crippen LogP contribution is 2.24. The van der Waals surface area contributed by atoms with Crippen molar-refractivity contribution in [1.82, 2.24) is 20.2 Å². The number of carbonyl (C=O) groups is 1. The predicted octanol–water partition coefficient (Wildman–Crippen LogP) is 6.05. The first-order valence-electron chi connectivity index (χ1n) is 10.3. The van der Waals surface area contributed by atoms with Crippen molar-refractivity contribution in [3.05, 3.63) is 76.3 Å². The number of H-pyrrole nitrogens is 1. The average Bonchev–Trinajstić information content (AvgIpc) is 3.17. The molecule has 0 saturated heterocycles. The van der Waals surface area contributed by atoms with Crippen molar-refractivity contribution in [2.75, 3.05) is 21.3 Å². The van der Waals surface area contributed by atoms with Gasteiger partial charge in [0.15, 0.2) is 5.82 Å². The first-order valence-corrected chi connectivity index (χ1v) is 10.7. The Labute approximate surface area is 200 Å². The number of aromatic amines is 1. The third kappa shape index (κ3) is 5.78. The molecule has 0 aliphatic heterocycles. The van der Waals surface area contributed by atoms with E-state index >= 15 is 0 Å². The topological polar surface area (TPSA) is 120 Å². The van der Waals surface area contributed by atoms with Crippen molar-refractivity contribution >= 4 is 52.3 Å². The van der Waals surface area contributed by atoms with Crippen LogP contribution in [0.1, 0.15) is 17.0 Å². The standard InChI is InChI=1S/C23H22ClFN8O/c1-12-8-15(27-23(34)28-16-4-6-18(25)17(24)11-16)5-7-19(12)29-22-26-13(2)9-20(31-22)30-21-10-14(3)32-33-21/h4-11H,1-3H3,(H2,27,28,34)(H3,26,29,30,31,32,33). The van der Waals surface area contributed by atoms with Crippen molar-refractivity contribution in [3.8, 4) is 0 Å². The molecule has 0 fully saturated rings. The molecule has 0 saturated carbocycles. The summed E-state index contributed by atoms with van der Waals surface area (Å²) in [6.45, 7) is 5.69. The Bertz CT molecular complexity index is 1360. The third-order valence-corrected chi connectivity index (χ3v) is 5.01. The summed E-state index contributed by atoms with van der Waals surface area (Å²) in [7, 11) is 0. The Morgan fingerprint density at radius 2 is 1.65 bits per heavy atom. The van der Waals surface area contributed by atoms with Crippen LogP contribution in [0.5, 0.6) is 0 Å². The van der Waals surface area contributed by atoms with Gasteiger partial charge in [0.25, 0.3) is 0 Å². The number of benzene rings is 2. The number of aryl methyl sites for hydroxylation is 3. The minimum absolute atomic E-state index is 0.0692. The van der Waals surface area contributed by atoms with Gasteiger partial charge < -0.3 is 21.3 Å². The van der Waals surface area contributed by atoms with Gasteiger partial charge in [0.1, 0.15) is 11.6 Å². The molecule has 5 N–H and O–H groups in total. The van der Waals surface area contributed by atoms with Gasteiger partial charge in [-0.15, -0.1) is 0 Å². The number of halogens is 2. The van der Waals surface area contributed by atoms with E-state index in [1.807, 2.05) is 39.0 Å².